The number of carbonyl (C=O) groups excluding carboxylic acids is 1. The van der Waals surface area contributed by atoms with E-state index in [0.29, 0.717) is 11.5 Å². The first-order valence-corrected chi connectivity index (χ1v) is 5.36. The molecule has 0 aromatic heterocycles. The zero-order valence-corrected chi connectivity index (χ0v) is 9.59. The van der Waals surface area contributed by atoms with Gasteiger partial charge in [0.25, 0.3) is 0 Å². The molecule has 1 N–H and O–H groups in total. The standard InChI is InChI=1S/C11H21NO2/c1-8(2)14-10(13)12-9-5-6-11(3,4)7-9/h8-9H,5-7H2,1-4H3,(H,12,13). The van der Waals surface area contributed by atoms with Gasteiger partial charge in [-0.2, -0.15) is 0 Å². The lowest BCUT2D eigenvalue weighted by Crippen LogP contribution is -2.35. The lowest BCUT2D eigenvalue weighted by atomic mass is 9.92. The average Bonchev–Trinajstić information content (AvgIpc) is 2.27. The number of hydrogen-bond donors (Lipinski definition) is 1. The molecule has 1 unspecified atom stereocenters. The summed E-state index contributed by atoms with van der Waals surface area (Å²) in [5.41, 5.74) is 0.371. The summed E-state index contributed by atoms with van der Waals surface area (Å²) in [6.07, 6.45) is 2.99. The molecule has 1 amide bonds. The van der Waals surface area contributed by atoms with Crippen LogP contribution in [0.3, 0.4) is 0 Å². The molecule has 1 saturated carbocycles. The summed E-state index contributed by atoms with van der Waals surface area (Å²) in [6.45, 7) is 8.20. The molecular formula is C11H21NO2. The molecule has 0 radical (unpaired) electrons. The van der Waals surface area contributed by atoms with Crippen LogP contribution in [0.1, 0.15) is 47.0 Å². The zero-order valence-electron chi connectivity index (χ0n) is 9.59. The smallest absolute Gasteiger partial charge is 0.407 e. The monoisotopic (exact) mass is 199 g/mol. The Bertz CT molecular complexity index is 211. The molecule has 82 valence electrons. The predicted molar refractivity (Wildman–Crippen MR) is 56.2 cm³/mol. The minimum absolute atomic E-state index is 0.0376. The lowest BCUT2D eigenvalue weighted by Gasteiger charge is -2.18. The molecule has 0 spiro atoms. The van der Waals surface area contributed by atoms with E-state index in [9.17, 15) is 4.79 Å². The molecule has 0 aromatic carbocycles. The zero-order chi connectivity index (χ0) is 10.8. The minimum Gasteiger partial charge on any atom is -0.447 e. The van der Waals surface area contributed by atoms with E-state index in [0.717, 1.165) is 12.8 Å². The first-order valence-electron chi connectivity index (χ1n) is 5.36. The fourth-order valence-electron chi connectivity index (χ4n) is 1.97. The van der Waals surface area contributed by atoms with E-state index in [4.69, 9.17) is 4.74 Å². The Balaban J connectivity index is 2.29. The minimum atomic E-state index is -0.275. The van der Waals surface area contributed by atoms with E-state index >= 15 is 0 Å². The first kappa shape index (κ1) is 11.3. The molecule has 1 fully saturated rings. The molecule has 0 saturated heterocycles. The fraction of sp³-hybridized carbons (Fsp3) is 0.909. The van der Waals surface area contributed by atoms with Gasteiger partial charge in [0, 0.05) is 6.04 Å². The molecule has 0 aliphatic heterocycles. The normalized spacial score (nSPS) is 25.1. The van der Waals surface area contributed by atoms with Crippen molar-refractivity contribution in [3.63, 3.8) is 0 Å². The molecular weight excluding hydrogens is 178 g/mol. The molecule has 1 rings (SSSR count). The Hall–Kier alpha value is -0.730. The highest BCUT2D eigenvalue weighted by Gasteiger charge is 2.31. The molecule has 1 aliphatic carbocycles. The Labute approximate surface area is 86.2 Å². The summed E-state index contributed by atoms with van der Waals surface area (Å²) in [5, 5.41) is 2.90. The number of amides is 1. The molecule has 3 heteroatoms. The van der Waals surface area contributed by atoms with Gasteiger partial charge in [0.15, 0.2) is 0 Å². The van der Waals surface area contributed by atoms with Gasteiger partial charge in [-0.05, 0) is 38.5 Å². The highest BCUT2D eigenvalue weighted by atomic mass is 16.6. The van der Waals surface area contributed by atoms with Crippen LogP contribution in [-0.2, 0) is 4.74 Å². The number of rotatable bonds is 2. The summed E-state index contributed by atoms with van der Waals surface area (Å²) in [7, 11) is 0. The third-order valence-corrected chi connectivity index (χ3v) is 2.63. The molecule has 0 heterocycles. The summed E-state index contributed by atoms with van der Waals surface area (Å²) >= 11 is 0. The highest BCUT2D eigenvalue weighted by molar-refractivity contribution is 5.67. The Morgan fingerprint density at radius 1 is 1.50 bits per heavy atom. The Morgan fingerprint density at radius 2 is 2.14 bits per heavy atom. The second-order valence-electron chi connectivity index (χ2n) is 5.20. The maximum Gasteiger partial charge on any atom is 0.407 e. The number of carbonyl (C=O) groups is 1. The van der Waals surface area contributed by atoms with Crippen LogP contribution >= 0.6 is 0 Å². The molecule has 0 bridgehead atoms. The summed E-state index contributed by atoms with van der Waals surface area (Å²) in [4.78, 5) is 11.3. The summed E-state index contributed by atoms with van der Waals surface area (Å²) < 4.78 is 5.03. The van der Waals surface area contributed by atoms with Crippen LogP contribution in [0.4, 0.5) is 4.79 Å². The SMILES string of the molecule is CC(C)OC(=O)NC1CCC(C)(C)C1. The first-order chi connectivity index (χ1) is 6.39. The number of hydrogen-bond acceptors (Lipinski definition) is 2. The Morgan fingerprint density at radius 3 is 2.57 bits per heavy atom. The van der Waals surface area contributed by atoms with E-state index in [-0.39, 0.29) is 12.2 Å². The van der Waals surface area contributed by atoms with E-state index in [1.807, 2.05) is 13.8 Å². The van der Waals surface area contributed by atoms with E-state index in [1.54, 1.807) is 0 Å². The number of ether oxygens (including phenoxy) is 1. The van der Waals surface area contributed by atoms with Crippen molar-refractivity contribution in [3.8, 4) is 0 Å². The van der Waals surface area contributed by atoms with E-state index in [2.05, 4.69) is 19.2 Å². The summed E-state index contributed by atoms with van der Waals surface area (Å²) in [5.74, 6) is 0. The van der Waals surface area contributed by atoms with Gasteiger partial charge in [-0.25, -0.2) is 4.79 Å². The van der Waals surface area contributed by atoms with Crippen LogP contribution < -0.4 is 5.32 Å². The molecule has 0 aromatic rings. The number of alkyl carbamates (subject to hydrolysis) is 1. The van der Waals surface area contributed by atoms with Gasteiger partial charge in [0.05, 0.1) is 6.10 Å². The van der Waals surface area contributed by atoms with Gasteiger partial charge in [-0.3, -0.25) is 0 Å². The third-order valence-electron chi connectivity index (χ3n) is 2.63. The van der Waals surface area contributed by atoms with Crippen molar-refractivity contribution in [2.24, 2.45) is 5.41 Å². The van der Waals surface area contributed by atoms with Gasteiger partial charge >= 0.3 is 6.09 Å². The second-order valence-corrected chi connectivity index (χ2v) is 5.20. The van der Waals surface area contributed by atoms with Crippen molar-refractivity contribution < 1.29 is 9.53 Å². The average molecular weight is 199 g/mol. The van der Waals surface area contributed by atoms with Crippen LogP contribution in [-0.4, -0.2) is 18.2 Å². The van der Waals surface area contributed by atoms with Gasteiger partial charge in [-0.15, -0.1) is 0 Å². The molecule has 1 atom stereocenters. The fourth-order valence-corrected chi connectivity index (χ4v) is 1.97. The maximum atomic E-state index is 11.3. The molecule has 3 nitrogen and oxygen atoms in total. The van der Waals surface area contributed by atoms with Crippen molar-refractivity contribution >= 4 is 6.09 Å². The predicted octanol–water partition coefficient (Wildman–Crippen LogP) is 2.70. The topological polar surface area (TPSA) is 38.3 Å². The van der Waals surface area contributed by atoms with Crippen molar-refractivity contribution in [1.82, 2.24) is 5.32 Å². The van der Waals surface area contributed by atoms with Crippen LogP contribution in [0.5, 0.6) is 0 Å². The largest absolute Gasteiger partial charge is 0.447 e. The van der Waals surface area contributed by atoms with Gasteiger partial charge in [0.1, 0.15) is 0 Å². The quantitative estimate of drug-likeness (QED) is 0.742. The molecule has 14 heavy (non-hydrogen) atoms. The van der Waals surface area contributed by atoms with Crippen LogP contribution in [0.15, 0.2) is 0 Å². The van der Waals surface area contributed by atoms with Crippen molar-refractivity contribution in [3.05, 3.63) is 0 Å². The van der Waals surface area contributed by atoms with Gasteiger partial charge in [-0.1, -0.05) is 13.8 Å². The molecule has 1 aliphatic rings. The van der Waals surface area contributed by atoms with Gasteiger partial charge in [0.2, 0.25) is 0 Å². The lowest BCUT2D eigenvalue weighted by molar-refractivity contribution is 0.112. The van der Waals surface area contributed by atoms with E-state index in [1.165, 1.54) is 6.42 Å². The highest BCUT2D eigenvalue weighted by Crippen LogP contribution is 2.36. The van der Waals surface area contributed by atoms with Crippen LogP contribution in [0, 0.1) is 5.41 Å². The van der Waals surface area contributed by atoms with Crippen molar-refractivity contribution in [2.75, 3.05) is 0 Å². The maximum absolute atomic E-state index is 11.3. The Kier molecular flexibility index (Phi) is 3.40. The van der Waals surface area contributed by atoms with Crippen LogP contribution in [0.25, 0.3) is 0 Å². The summed E-state index contributed by atoms with van der Waals surface area (Å²) in [6, 6.07) is 0.302. The second kappa shape index (κ2) is 4.20. The third kappa shape index (κ3) is 3.56. The van der Waals surface area contributed by atoms with Crippen LogP contribution in [0.2, 0.25) is 0 Å². The van der Waals surface area contributed by atoms with E-state index < -0.39 is 0 Å². The van der Waals surface area contributed by atoms with Crippen molar-refractivity contribution in [1.29, 1.82) is 0 Å². The van der Waals surface area contributed by atoms with Crippen molar-refractivity contribution in [2.45, 2.75) is 59.1 Å². The van der Waals surface area contributed by atoms with Gasteiger partial charge < -0.3 is 10.1 Å². The number of nitrogens with one attached hydrogen (secondary N) is 1.